The predicted molar refractivity (Wildman–Crippen MR) is 244 cm³/mol. The van der Waals surface area contributed by atoms with Crippen molar-refractivity contribution in [2.75, 3.05) is 59.4 Å². The van der Waals surface area contributed by atoms with E-state index in [4.69, 9.17) is 26.7 Å². The molecule has 344 valence electrons. The van der Waals surface area contributed by atoms with E-state index < -0.39 is 68.3 Å². The summed E-state index contributed by atoms with van der Waals surface area (Å²) >= 11 is 0. The van der Waals surface area contributed by atoms with Gasteiger partial charge in [-0.15, -0.1) is 0 Å². The number of nitrogens with two attached hydrogens (primary N) is 3. The fourth-order valence-corrected chi connectivity index (χ4v) is 6.71. The molecule has 1 heterocycles. The molecule has 63 heavy (non-hydrogen) atoms. The zero-order valence-electron chi connectivity index (χ0n) is 37.0. The van der Waals surface area contributed by atoms with Crippen molar-refractivity contribution < 1.29 is 43.5 Å². The van der Waals surface area contributed by atoms with Crippen molar-refractivity contribution in [1.82, 2.24) is 26.2 Å². The lowest BCUT2D eigenvalue weighted by Gasteiger charge is -2.29. The minimum absolute atomic E-state index is 0.0230. The van der Waals surface area contributed by atoms with Crippen molar-refractivity contribution in [3.63, 3.8) is 0 Å². The summed E-state index contributed by atoms with van der Waals surface area (Å²) in [6.45, 7) is 4.80. The summed E-state index contributed by atoms with van der Waals surface area (Å²) in [5.74, 6) is -2.39. The van der Waals surface area contributed by atoms with Gasteiger partial charge in [-0.3, -0.25) is 24.0 Å². The van der Waals surface area contributed by atoms with Crippen LogP contribution in [0.5, 0.6) is 11.5 Å². The number of benzene rings is 3. The number of rotatable bonds is 21. The quantitative estimate of drug-likeness (QED) is 0.0545. The molecule has 0 saturated heterocycles. The maximum atomic E-state index is 14.1. The normalized spacial score (nSPS) is 14.7. The molecule has 1 aliphatic heterocycles. The van der Waals surface area contributed by atoms with Crippen LogP contribution in [0, 0.1) is 0 Å². The average molecular weight is 875 g/mol. The van der Waals surface area contributed by atoms with Crippen molar-refractivity contribution in [2.45, 2.75) is 83.7 Å². The molecule has 18 heteroatoms. The summed E-state index contributed by atoms with van der Waals surface area (Å²) in [5.41, 5.74) is 20.0. The number of carbonyl (C=O) groups is 5. The maximum Gasteiger partial charge on any atom is 0.472 e. The Bertz CT molecular complexity index is 1920. The van der Waals surface area contributed by atoms with Gasteiger partial charge >= 0.3 is 7.12 Å². The molecule has 0 radical (unpaired) electrons. The van der Waals surface area contributed by atoms with Gasteiger partial charge in [-0.05, 0) is 78.9 Å². The van der Waals surface area contributed by atoms with E-state index in [9.17, 15) is 34.0 Å². The third kappa shape index (κ3) is 17.3. The van der Waals surface area contributed by atoms with Gasteiger partial charge in [0.25, 0.3) is 5.91 Å². The zero-order chi connectivity index (χ0) is 46.1. The molecule has 3 aromatic rings. The minimum atomic E-state index is -1.83. The lowest BCUT2D eigenvalue weighted by molar-refractivity contribution is -0.139. The number of amides is 5. The Labute approximate surface area is 371 Å². The van der Waals surface area contributed by atoms with Crippen LogP contribution < -0.4 is 47.9 Å². The van der Waals surface area contributed by atoms with Gasteiger partial charge in [-0.1, -0.05) is 70.2 Å². The second-order valence-corrected chi connectivity index (χ2v) is 15.2. The highest BCUT2D eigenvalue weighted by Crippen LogP contribution is 2.40. The van der Waals surface area contributed by atoms with Crippen LogP contribution in [-0.2, 0) is 32.0 Å². The van der Waals surface area contributed by atoms with E-state index in [2.05, 4.69) is 35.1 Å². The van der Waals surface area contributed by atoms with Gasteiger partial charge < -0.3 is 62.9 Å². The number of nitrogens with one attached hydrogen (secondary N) is 4. The van der Waals surface area contributed by atoms with E-state index in [1.54, 1.807) is 48.5 Å². The third-order valence-corrected chi connectivity index (χ3v) is 10.1. The summed E-state index contributed by atoms with van der Waals surface area (Å²) in [5, 5.41) is 29.0. The molecule has 2 atom stereocenters. The average Bonchev–Trinajstić information content (AvgIpc) is 3.29. The van der Waals surface area contributed by atoms with Gasteiger partial charge in [0.1, 0.15) is 36.8 Å². The molecule has 4 bridgehead atoms. The Hall–Kier alpha value is -5.53. The summed E-state index contributed by atoms with van der Waals surface area (Å²) in [7, 11) is -0.405. The van der Waals surface area contributed by atoms with E-state index in [1.807, 2.05) is 12.1 Å². The van der Waals surface area contributed by atoms with Crippen LogP contribution in [0.25, 0.3) is 11.1 Å². The molecule has 17 nitrogen and oxygen atoms in total. The molecule has 0 fully saturated rings. The summed E-state index contributed by atoms with van der Waals surface area (Å²) in [4.78, 5) is 68.6. The molecular formula is C45H67BN8O9. The van der Waals surface area contributed by atoms with Gasteiger partial charge in [0, 0.05) is 43.2 Å². The number of nitrogens with zero attached hydrogens (tertiary/aromatic N) is 1. The number of aryl methyl sites for hydroxylation is 1. The topological polar surface area (TPSA) is 274 Å². The third-order valence-electron chi connectivity index (χ3n) is 10.1. The van der Waals surface area contributed by atoms with E-state index in [-0.39, 0.29) is 32.7 Å². The highest BCUT2D eigenvalue weighted by Gasteiger charge is 2.32. The van der Waals surface area contributed by atoms with Crippen LogP contribution in [0.15, 0.2) is 60.7 Å². The molecule has 2 unspecified atom stereocenters. The summed E-state index contributed by atoms with van der Waals surface area (Å²) in [6.07, 6.45) is 8.65. The SMILES string of the molecule is CCCCCCCCc1ccc(C(=O)NCC(=O)N(C)C2C(=O)NCC(=O)NC(C(=O)NCB(O)O)Cc3ccc(OCCN)c(c3)-c3cc2ccc3OCCN)cc1.CCCN. The first-order valence-electron chi connectivity index (χ1n) is 21.8. The van der Waals surface area contributed by atoms with Crippen LogP contribution >= 0.6 is 0 Å². The molecule has 0 aromatic heterocycles. The Morgan fingerprint density at radius 1 is 0.810 bits per heavy atom. The van der Waals surface area contributed by atoms with E-state index in [0.29, 0.717) is 39.3 Å². The molecule has 0 saturated carbocycles. The molecule has 0 aliphatic carbocycles. The van der Waals surface area contributed by atoms with Crippen LogP contribution in [0.2, 0.25) is 0 Å². The Kier molecular flexibility index (Phi) is 23.2. The van der Waals surface area contributed by atoms with E-state index in [0.717, 1.165) is 37.8 Å². The molecule has 5 amide bonds. The second-order valence-electron chi connectivity index (χ2n) is 15.2. The first-order chi connectivity index (χ1) is 30.4. The largest absolute Gasteiger partial charge is 0.492 e. The van der Waals surface area contributed by atoms with Gasteiger partial charge in [0.05, 0.1) is 19.5 Å². The fraction of sp³-hybridized carbons (Fsp3) is 0.489. The van der Waals surface area contributed by atoms with Gasteiger partial charge in [0.15, 0.2) is 0 Å². The number of carbonyl (C=O) groups excluding carboxylic acids is 5. The van der Waals surface area contributed by atoms with Gasteiger partial charge in [-0.25, -0.2) is 0 Å². The molecule has 4 rings (SSSR count). The van der Waals surface area contributed by atoms with Crippen molar-refractivity contribution in [1.29, 1.82) is 0 Å². The van der Waals surface area contributed by atoms with Crippen molar-refractivity contribution in [2.24, 2.45) is 17.2 Å². The number of fused-ring (bicyclic) bond motifs is 5. The first-order valence-corrected chi connectivity index (χ1v) is 21.8. The maximum absolute atomic E-state index is 14.1. The smallest absolute Gasteiger partial charge is 0.472 e. The number of likely N-dealkylation sites (N-methyl/N-ethyl adjacent to an activating group) is 1. The van der Waals surface area contributed by atoms with Crippen molar-refractivity contribution >= 4 is 36.7 Å². The van der Waals surface area contributed by atoms with E-state index >= 15 is 0 Å². The lowest BCUT2D eigenvalue weighted by atomic mass is 9.91. The number of hydrogen-bond donors (Lipinski definition) is 9. The lowest BCUT2D eigenvalue weighted by Crippen LogP contribution is -2.53. The Morgan fingerprint density at radius 2 is 1.43 bits per heavy atom. The van der Waals surface area contributed by atoms with Crippen LogP contribution in [0.1, 0.15) is 91.9 Å². The van der Waals surface area contributed by atoms with Crippen molar-refractivity contribution in [3.8, 4) is 22.6 Å². The van der Waals surface area contributed by atoms with Gasteiger partial charge in [-0.2, -0.15) is 0 Å². The molecule has 1 aliphatic rings. The Morgan fingerprint density at radius 3 is 2.05 bits per heavy atom. The molecule has 12 N–H and O–H groups in total. The standard InChI is InChI=1S/C42H58BN7O9.C3H9N/c1-3-4-5-6-7-8-9-28-10-13-30(14-11-28)40(53)47-26-38(52)50(2)39-31-15-17-36(59-21-19-45)33(24-31)32-22-29(12-16-35(32)58-20-18-44)23-34(41(54)48-27-43(56)57)49-37(51)25-46-42(39)55;1-2-3-4/h10-17,22,24,34,39,56-57H,3-9,18-21,23,25-27,44-45H2,1-2H3,(H,46,55)(H,47,53)(H,48,54)(H,49,51);2-4H2,1H3. The minimum Gasteiger partial charge on any atom is -0.492 e. The summed E-state index contributed by atoms with van der Waals surface area (Å²) < 4.78 is 12.1. The predicted octanol–water partition coefficient (Wildman–Crippen LogP) is 1.50. The number of ether oxygens (including phenoxy) is 2. The zero-order valence-corrected chi connectivity index (χ0v) is 37.0. The fourth-order valence-electron chi connectivity index (χ4n) is 6.71. The highest BCUT2D eigenvalue weighted by atomic mass is 16.5. The molecule has 3 aromatic carbocycles. The first kappa shape index (κ1) is 51.8. The highest BCUT2D eigenvalue weighted by molar-refractivity contribution is 6.41. The Balaban J connectivity index is 0.00000253. The van der Waals surface area contributed by atoms with Crippen LogP contribution in [-0.4, -0.2) is 117 Å². The van der Waals surface area contributed by atoms with E-state index in [1.165, 1.54) is 37.6 Å². The van der Waals surface area contributed by atoms with Crippen LogP contribution in [0.3, 0.4) is 0 Å². The number of hydrogen-bond acceptors (Lipinski definition) is 12. The summed E-state index contributed by atoms with van der Waals surface area (Å²) in [6, 6.07) is 14.9. The van der Waals surface area contributed by atoms with Crippen LogP contribution in [0.4, 0.5) is 0 Å². The van der Waals surface area contributed by atoms with Crippen molar-refractivity contribution in [3.05, 3.63) is 82.9 Å². The van der Waals surface area contributed by atoms with Gasteiger partial charge in [0.2, 0.25) is 23.6 Å². The molecular weight excluding hydrogens is 807 g/mol. The monoisotopic (exact) mass is 875 g/mol. The number of unbranched alkanes of at least 4 members (excludes halogenated alkanes) is 5. The second kappa shape index (κ2) is 28.2. The molecule has 0 spiro atoms.